The molecular weight excluding hydrogens is 400 g/mol. The fourth-order valence-corrected chi connectivity index (χ4v) is 3.57. The Bertz CT molecular complexity index is 846. The smallest absolute Gasteiger partial charge is 0.269 e. The molecule has 0 unspecified atom stereocenters. The lowest BCUT2D eigenvalue weighted by atomic mass is 10.1. The predicted octanol–water partition coefficient (Wildman–Crippen LogP) is 3.17. The van der Waals surface area contributed by atoms with Crippen LogP contribution in [0.2, 0.25) is 0 Å². The molecule has 8 nitrogen and oxygen atoms in total. The summed E-state index contributed by atoms with van der Waals surface area (Å²) in [5.74, 6) is 0. The molecule has 1 aliphatic rings. The standard InChI is InChI=1S/C18H16N4O4S2/c23-21(24)15-5-1-13(2-6-15)17(27)19-9-11-20(12-10-19)18(28)14-3-7-16(8-4-14)22(25)26/h1-8H,9-12H2. The largest absolute Gasteiger partial charge is 0.359 e. The summed E-state index contributed by atoms with van der Waals surface area (Å²) in [5.41, 5.74) is 1.61. The second kappa shape index (κ2) is 8.36. The van der Waals surface area contributed by atoms with E-state index >= 15 is 0 Å². The van der Waals surface area contributed by atoms with Crippen LogP contribution in [0.15, 0.2) is 48.5 Å². The lowest BCUT2D eigenvalue weighted by Gasteiger charge is -2.37. The summed E-state index contributed by atoms with van der Waals surface area (Å²) in [4.78, 5) is 26.0. The minimum Gasteiger partial charge on any atom is -0.359 e. The van der Waals surface area contributed by atoms with E-state index < -0.39 is 9.85 Å². The molecule has 0 bridgehead atoms. The van der Waals surface area contributed by atoms with Crippen LogP contribution < -0.4 is 0 Å². The van der Waals surface area contributed by atoms with Crippen molar-refractivity contribution in [3.8, 4) is 0 Å². The number of rotatable bonds is 4. The molecule has 0 aliphatic carbocycles. The molecule has 1 saturated heterocycles. The highest BCUT2D eigenvalue weighted by Crippen LogP contribution is 2.18. The molecule has 0 radical (unpaired) electrons. The monoisotopic (exact) mass is 416 g/mol. The number of benzene rings is 2. The van der Waals surface area contributed by atoms with Crippen molar-refractivity contribution < 1.29 is 9.85 Å². The van der Waals surface area contributed by atoms with Gasteiger partial charge in [0.25, 0.3) is 11.4 Å². The van der Waals surface area contributed by atoms with Crippen molar-refractivity contribution in [2.75, 3.05) is 26.2 Å². The Kier molecular flexibility index (Phi) is 5.90. The summed E-state index contributed by atoms with van der Waals surface area (Å²) in [5, 5.41) is 21.5. The van der Waals surface area contributed by atoms with E-state index in [0.717, 1.165) is 11.1 Å². The van der Waals surface area contributed by atoms with Crippen molar-refractivity contribution in [2.24, 2.45) is 0 Å². The molecule has 0 spiro atoms. The van der Waals surface area contributed by atoms with Crippen LogP contribution in [-0.4, -0.2) is 55.8 Å². The van der Waals surface area contributed by atoms with E-state index in [1.54, 1.807) is 24.3 Å². The first-order valence-corrected chi connectivity index (χ1v) is 9.26. The van der Waals surface area contributed by atoms with Gasteiger partial charge in [-0.3, -0.25) is 20.2 Å². The minimum absolute atomic E-state index is 0.0322. The van der Waals surface area contributed by atoms with E-state index in [4.69, 9.17) is 24.4 Å². The van der Waals surface area contributed by atoms with Crippen LogP contribution in [0.1, 0.15) is 11.1 Å². The van der Waals surface area contributed by atoms with E-state index in [-0.39, 0.29) is 11.4 Å². The normalized spacial score (nSPS) is 13.9. The number of piperazine rings is 1. The molecule has 0 atom stereocenters. The molecule has 0 saturated carbocycles. The van der Waals surface area contributed by atoms with E-state index in [1.807, 2.05) is 9.80 Å². The van der Waals surface area contributed by atoms with Crippen LogP contribution in [0.25, 0.3) is 0 Å². The summed E-state index contributed by atoms with van der Waals surface area (Å²) in [6.07, 6.45) is 0. The molecule has 2 aromatic rings. The first kappa shape index (κ1) is 19.8. The molecule has 1 heterocycles. The fraction of sp³-hybridized carbons (Fsp3) is 0.222. The molecule has 1 aliphatic heterocycles. The molecule has 28 heavy (non-hydrogen) atoms. The molecule has 144 valence electrons. The molecule has 3 rings (SSSR count). The Morgan fingerprint density at radius 1 is 0.679 bits per heavy atom. The van der Waals surface area contributed by atoms with Gasteiger partial charge in [0, 0.05) is 61.6 Å². The second-order valence-corrected chi connectivity index (χ2v) is 6.97. The number of nitro groups is 2. The highest BCUT2D eigenvalue weighted by Gasteiger charge is 2.22. The quantitative estimate of drug-likeness (QED) is 0.426. The topological polar surface area (TPSA) is 92.8 Å². The van der Waals surface area contributed by atoms with Gasteiger partial charge in [-0.2, -0.15) is 0 Å². The molecular formula is C18H16N4O4S2. The number of non-ortho nitro benzene ring substituents is 2. The van der Waals surface area contributed by atoms with Crippen LogP contribution in [0.4, 0.5) is 11.4 Å². The Balaban J connectivity index is 1.60. The Labute approximate surface area is 171 Å². The third-order valence-corrected chi connectivity index (χ3v) is 5.49. The Morgan fingerprint density at radius 2 is 0.964 bits per heavy atom. The maximum atomic E-state index is 10.8. The van der Waals surface area contributed by atoms with E-state index in [0.29, 0.717) is 36.2 Å². The van der Waals surface area contributed by atoms with Gasteiger partial charge in [0.15, 0.2) is 0 Å². The zero-order valence-electron chi connectivity index (χ0n) is 14.7. The highest BCUT2D eigenvalue weighted by atomic mass is 32.1. The van der Waals surface area contributed by atoms with Crippen molar-refractivity contribution in [3.63, 3.8) is 0 Å². The van der Waals surface area contributed by atoms with Gasteiger partial charge in [0.05, 0.1) is 9.85 Å². The van der Waals surface area contributed by atoms with Crippen LogP contribution in [0, 0.1) is 20.2 Å². The van der Waals surface area contributed by atoms with Crippen molar-refractivity contribution in [1.82, 2.24) is 9.80 Å². The van der Waals surface area contributed by atoms with Gasteiger partial charge in [0.2, 0.25) is 0 Å². The number of hydrogen-bond acceptors (Lipinski definition) is 6. The summed E-state index contributed by atoms with van der Waals surface area (Å²) >= 11 is 11.1. The average molecular weight is 416 g/mol. The number of nitro benzene ring substituents is 2. The predicted molar refractivity (Wildman–Crippen MR) is 113 cm³/mol. The molecule has 1 fully saturated rings. The van der Waals surface area contributed by atoms with Crippen molar-refractivity contribution in [3.05, 3.63) is 79.9 Å². The molecule has 10 heteroatoms. The van der Waals surface area contributed by atoms with Crippen LogP contribution in [0.3, 0.4) is 0 Å². The summed E-state index contributed by atoms with van der Waals surface area (Å²) in [6, 6.07) is 12.4. The first-order valence-electron chi connectivity index (χ1n) is 8.44. The molecule has 0 aromatic heterocycles. The van der Waals surface area contributed by atoms with Gasteiger partial charge in [0.1, 0.15) is 9.98 Å². The average Bonchev–Trinajstić information content (AvgIpc) is 2.73. The summed E-state index contributed by atoms with van der Waals surface area (Å²) in [7, 11) is 0. The Morgan fingerprint density at radius 3 is 1.21 bits per heavy atom. The zero-order valence-corrected chi connectivity index (χ0v) is 16.3. The zero-order chi connectivity index (χ0) is 20.3. The van der Waals surface area contributed by atoms with Gasteiger partial charge in [-0.25, -0.2) is 0 Å². The molecule has 0 amide bonds. The molecule has 0 N–H and O–H groups in total. The lowest BCUT2D eigenvalue weighted by Crippen LogP contribution is -2.50. The minimum atomic E-state index is -0.440. The maximum Gasteiger partial charge on any atom is 0.269 e. The van der Waals surface area contributed by atoms with Gasteiger partial charge in [-0.05, 0) is 24.3 Å². The van der Waals surface area contributed by atoms with Crippen molar-refractivity contribution >= 4 is 45.8 Å². The van der Waals surface area contributed by atoms with Crippen molar-refractivity contribution in [1.29, 1.82) is 0 Å². The second-order valence-electron chi connectivity index (χ2n) is 6.19. The third-order valence-electron chi connectivity index (χ3n) is 4.50. The number of hydrogen-bond donors (Lipinski definition) is 0. The number of nitrogens with zero attached hydrogens (tertiary/aromatic N) is 4. The summed E-state index contributed by atoms with van der Waals surface area (Å²) < 4.78 is 0. The summed E-state index contributed by atoms with van der Waals surface area (Å²) in [6.45, 7) is 2.68. The maximum absolute atomic E-state index is 10.8. The van der Waals surface area contributed by atoms with E-state index in [1.165, 1.54) is 24.3 Å². The fourth-order valence-electron chi connectivity index (χ4n) is 2.93. The Hall–Kier alpha value is -2.98. The SMILES string of the molecule is O=[N+]([O-])c1ccc(C(=S)N2CCN(C(=S)c3ccc([N+](=O)[O-])cc3)CC2)cc1. The van der Waals surface area contributed by atoms with Gasteiger partial charge >= 0.3 is 0 Å². The highest BCUT2D eigenvalue weighted by molar-refractivity contribution is 7.81. The van der Waals surface area contributed by atoms with Crippen molar-refractivity contribution in [2.45, 2.75) is 0 Å². The number of thiocarbonyl (C=S) groups is 2. The first-order chi connectivity index (χ1) is 13.4. The van der Waals surface area contributed by atoms with Crippen LogP contribution >= 0.6 is 24.4 Å². The van der Waals surface area contributed by atoms with E-state index in [2.05, 4.69) is 0 Å². The van der Waals surface area contributed by atoms with Gasteiger partial charge in [-0.1, -0.05) is 24.4 Å². The third kappa shape index (κ3) is 4.29. The van der Waals surface area contributed by atoms with Gasteiger partial charge in [-0.15, -0.1) is 0 Å². The van der Waals surface area contributed by atoms with Crippen LogP contribution in [0.5, 0.6) is 0 Å². The van der Waals surface area contributed by atoms with E-state index in [9.17, 15) is 20.2 Å². The lowest BCUT2D eigenvalue weighted by molar-refractivity contribution is -0.385. The van der Waals surface area contributed by atoms with Crippen LogP contribution in [-0.2, 0) is 0 Å². The molecule has 2 aromatic carbocycles. The van der Waals surface area contributed by atoms with Gasteiger partial charge < -0.3 is 9.80 Å².